The lowest BCUT2D eigenvalue weighted by Crippen LogP contribution is -2.16. The van der Waals surface area contributed by atoms with Gasteiger partial charge in [-0.15, -0.1) is 0 Å². The van der Waals surface area contributed by atoms with Crippen LogP contribution in [0.15, 0.2) is 74.7 Å². The molecule has 2 N–H and O–H groups in total. The molecule has 0 saturated carbocycles. The number of ether oxygens (including phenoxy) is 3. The molecule has 0 unspecified atom stereocenters. The van der Waals surface area contributed by atoms with E-state index in [2.05, 4.69) is 57.0 Å². The number of aryl methyl sites for hydroxylation is 2. The van der Waals surface area contributed by atoms with Crippen molar-refractivity contribution in [1.29, 1.82) is 0 Å². The van der Waals surface area contributed by atoms with Gasteiger partial charge in [-0.2, -0.15) is 5.10 Å². The molecule has 0 bridgehead atoms. The van der Waals surface area contributed by atoms with Crippen molar-refractivity contribution in [2.45, 2.75) is 20.5 Å². The molecule has 39 heavy (non-hydrogen) atoms. The first kappa shape index (κ1) is 27.5. The summed E-state index contributed by atoms with van der Waals surface area (Å²) in [5.41, 5.74) is 6.33. The number of aromatic nitrogens is 1. The molecule has 0 radical (unpaired) electrons. The molecule has 0 aliphatic carbocycles. The van der Waals surface area contributed by atoms with Gasteiger partial charge in [0.05, 0.1) is 13.3 Å². The van der Waals surface area contributed by atoms with Gasteiger partial charge >= 0.3 is 11.9 Å². The summed E-state index contributed by atoms with van der Waals surface area (Å²) in [5, 5.41) is 12.8. The van der Waals surface area contributed by atoms with Gasteiger partial charge in [0.25, 0.3) is 0 Å². The zero-order valence-electron chi connectivity index (χ0n) is 21.4. The number of furan rings is 1. The number of hydrogen-bond donors (Lipinski definition) is 2. The van der Waals surface area contributed by atoms with Crippen molar-refractivity contribution < 1.29 is 33.3 Å². The molecule has 0 atom stereocenters. The van der Waals surface area contributed by atoms with Crippen molar-refractivity contribution in [3.8, 4) is 22.9 Å². The molecule has 0 aliphatic heterocycles. The second kappa shape index (κ2) is 12.4. The van der Waals surface area contributed by atoms with Crippen molar-refractivity contribution in [2.24, 2.45) is 5.10 Å². The Morgan fingerprint density at radius 3 is 2.41 bits per heavy atom. The van der Waals surface area contributed by atoms with Gasteiger partial charge in [0.1, 0.15) is 18.1 Å². The Kier molecular flexibility index (Phi) is 8.72. The predicted octanol–water partition coefficient (Wildman–Crippen LogP) is 5.26. The molecule has 10 nitrogen and oxygen atoms in total. The second-order valence-corrected chi connectivity index (χ2v) is 9.26. The minimum Gasteiger partial charge on any atom is -0.493 e. The summed E-state index contributed by atoms with van der Waals surface area (Å²) < 4.78 is 24.6. The fourth-order valence-corrected chi connectivity index (χ4v) is 4.20. The summed E-state index contributed by atoms with van der Waals surface area (Å²) in [6, 6.07) is 18.2. The Hall–Kier alpha value is -4.51. The van der Waals surface area contributed by atoms with Gasteiger partial charge in [-0.25, -0.2) is 10.2 Å². The fraction of sp³-hybridized carbons (Fsp3) is 0.179. The Morgan fingerprint density at radius 1 is 1.03 bits per heavy atom. The van der Waals surface area contributed by atoms with Gasteiger partial charge in [-0.3, -0.25) is 4.79 Å². The summed E-state index contributed by atoms with van der Waals surface area (Å²) >= 11 is 3.37. The van der Waals surface area contributed by atoms with Gasteiger partial charge in [0, 0.05) is 27.1 Å². The van der Waals surface area contributed by atoms with Crippen LogP contribution in [0, 0.1) is 13.8 Å². The SMILES string of the molecule is COc1cc(/C=N/NC(=O)c2ccc(COc3ccc(-n4c(C)ccc4C)cc3)o2)c(Br)cc1OCC(=O)O. The number of hydrazone groups is 1. The van der Waals surface area contributed by atoms with Crippen LogP contribution in [-0.2, 0) is 11.4 Å². The number of benzene rings is 2. The number of nitrogens with one attached hydrogen (secondary N) is 1. The number of halogens is 1. The number of amides is 1. The normalized spacial score (nSPS) is 11.0. The minimum absolute atomic E-state index is 0.0775. The standard InChI is InChI=1S/C28H26BrN3O7/c1-17-4-5-18(2)32(17)20-6-8-21(9-7-20)37-15-22-10-11-24(39-22)28(35)31-30-14-19-12-25(36-3)26(13-23(19)29)38-16-27(33)34/h4-14H,15-16H2,1-3H3,(H,31,35)(H,33,34)/b30-14+. The van der Waals surface area contributed by atoms with Gasteiger partial charge in [0.15, 0.2) is 23.9 Å². The molecular weight excluding hydrogens is 570 g/mol. The van der Waals surface area contributed by atoms with Crippen LogP contribution in [0.2, 0.25) is 0 Å². The molecule has 2 aromatic heterocycles. The molecule has 2 heterocycles. The van der Waals surface area contributed by atoms with Crippen LogP contribution in [0.3, 0.4) is 0 Å². The van der Waals surface area contributed by atoms with Gasteiger partial charge in [-0.1, -0.05) is 0 Å². The number of aliphatic carboxylic acids is 1. The van der Waals surface area contributed by atoms with Crippen LogP contribution in [0.4, 0.5) is 0 Å². The Balaban J connectivity index is 1.32. The molecule has 4 aromatic rings. The summed E-state index contributed by atoms with van der Waals surface area (Å²) in [7, 11) is 1.43. The topological polar surface area (TPSA) is 125 Å². The maximum absolute atomic E-state index is 12.5. The number of carboxylic acid groups (broad SMARTS) is 1. The minimum atomic E-state index is -1.11. The first-order chi connectivity index (χ1) is 18.7. The molecule has 1 amide bonds. The van der Waals surface area contributed by atoms with Crippen molar-refractivity contribution in [1.82, 2.24) is 9.99 Å². The number of carboxylic acids is 1. The first-order valence-electron chi connectivity index (χ1n) is 11.8. The van der Waals surface area contributed by atoms with Crippen LogP contribution in [0.25, 0.3) is 5.69 Å². The van der Waals surface area contributed by atoms with E-state index >= 15 is 0 Å². The highest BCUT2D eigenvalue weighted by Crippen LogP contribution is 2.33. The Labute approximate surface area is 232 Å². The molecule has 0 saturated heterocycles. The number of rotatable bonds is 11. The summed E-state index contributed by atoms with van der Waals surface area (Å²) in [6.07, 6.45) is 1.40. The van der Waals surface area contributed by atoms with Crippen molar-refractivity contribution >= 4 is 34.0 Å². The summed E-state index contributed by atoms with van der Waals surface area (Å²) in [4.78, 5) is 23.2. The fourth-order valence-electron chi connectivity index (χ4n) is 3.78. The third-order valence-corrected chi connectivity index (χ3v) is 6.32. The van der Waals surface area contributed by atoms with E-state index in [1.807, 2.05) is 24.3 Å². The lowest BCUT2D eigenvalue weighted by Gasteiger charge is -2.11. The van der Waals surface area contributed by atoms with Crippen molar-refractivity contribution in [3.05, 3.63) is 93.6 Å². The molecular formula is C28H26BrN3O7. The zero-order valence-corrected chi connectivity index (χ0v) is 23.0. The second-order valence-electron chi connectivity index (χ2n) is 8.41. The van der Waals surface area contributed by atoms with Crippen LogP contribution in [0.5, 0.6) is 17.2 Å². The average molecular weight is 596 g/mol. The number of hydrogen-bond acceptors (Lipinski definition) is 7. The predicted molar refractivity (Wildman–Crippen MR) is 147 cm³/mol. The Bertz CT molecular complexity index is 1490. The average Bonchev–Trinajstić information content (AvgIpc) is 3.53. The van der Waals surface area contributed by atoms with E-state index in [0.29, 0.717) is 27.3 Å². The van der Waals surface area contributed by atoms with E-state index in [1.165, 1.54) is 19.4 Å². The van der Waals surface area contributed by atoms with E-state index < -0.39 is 18.5 Å². The van der Waals surface area contributed by atoms with E-state index in [4.69, 9.17) is 23.7 Å². The highest BCUT2D eigenvalue weighted by Gasteiger charge is 2.13. The Morgan fingerprint density at radius 2 is 1.74 bits per heavy atom. The monoisotopic (exact) mass is 595 g/mol. The van der Waals surface area contributed by atoms with E-state index in [0.717, 1.165) is 17.1 Å². The van der Waals surface area contributed by atoms with E-state index in [9.17, 15) is 9.59 Å². The van der Waals surface area contributed by atoms with Gasteiger partial charge in [0.2, 0.25) is 0 Å². The molecule has 0 fully saturated rings. The molecule has 202 valence electrons. The van der Waals surface area contributed by atoms with Crippen LogP contribution in [0.1, 0.15) is 33.3 Å². The lowest BCUT2D eigenvalue weighted by atomic mass is 10.2. The maximum atomic E-state index is 12.5. The van der Waals surface area contributed by atoms with Crippen molar-refractivity contribution in [2.75, 3.05) is 13.7 Å². The lowest BCUT2D eigenvalue weighted by molar-refractivity contribution is -0.139. The molecule has 0 spiro atoms. The third-order valence-electron chi connectivity index (χ3n) is 5.64. The van der Waals surface area contributed by atoms with Crippen molar-refractivity contribution in [3.63, 3.8) is 0 Å². The van der Waals surface area contributed by atoms with Crippen LogP contribution < -0.4 is 19.6 Å². The van der Waals surface area contributed by atoms with Crippen LogP contribution >= 0.6 is 15.9 Å². The quantitative estimate of drug-likeness (QED) is 0.179. The highest BCUT2D eigenvalue weighted by atomic mass is 79.9. The van der Waals surface area contributed by atoms with Gasteiger partial charge in [-0.05, 0) is 90.4 Å². The number of carbonyl (C=O) groups is 2. The number of methoxy groups -OCH3 is 1. The third kappa shape index (κ3) is 6.88. The van der Waals surface area contributed by atoms with Gasteiger partial charge < -0.3 is 28.3 Å². The highest BCUT2D eigenvalue weighted by molar-refractivity contribution is 9.10. The smallest absolute Gasteiger partial charge is 0.341 e. The van der Waals surface area contributed by atoms with E-state index in [-0.39, 0.29) is 18.1 Å². The number of carbonyl (C=O) groups excluding carboxylic acids is 1. The molecule has 4 rings (SSSR count). The largest absolute Gasteiger partial charge is 0.493 e. The van der Waals surface area contributed by atoms with E-state index in [1.54, 1.807) is 18.2 Å². The number of nitrogens with zero attached hydrogens (tertiary/aromatic N) is 2. The molecule has 11 heteroatoms. The first-order valence-corrected chi connectivity index (χ1v) is 12.6. The zero-order chi connectivity index (χ0) is 27.9. The van der Waals surface area contributed by atoms with Crippen LogP contribution in [-0.4, -0.2) is 41.5 Å². The molecule has 0 aliphatic rings. The molecule has 2 aromatic carbocycles. The summed E-state index contributed by atoms with van der Waals surface area (Å²) in [6.45, 7) is 3.76. The summed E-state index contributed by atoms with van der Waals surface area (Å²) in [5.74, 6) is 0.148. The maximum Gasteiger partial charge on any atom is 0.341 e.